The summed E-state index contributed by atoms with van der Waals surface area (Å²) in [6, 6.07) is 6.49. The van der Waals surface area contributed by atoms with Gasteiger partial charge in [0.2, 0.25) is 5.28 Å². The molecule has 0 unspecified atom stereocenters. The predicted molar refractivity (Wildman–Crippen MR) is 110 cm³/mol. The third-order valence-electron chi connectivity index (χ3n) is 4.59. The van der Waals surface area contributed by atoms with Crippen LogP contribution in [0.25, 0.3) is 21.6 Å². The molecule has 0 bridgehead atoms. The molecule has 1 fully saturated rings. The fourth-order valence-electron chi connectivity index (χ4n) is 3.34. The maximum atomic E-state index is 6.37. The van der Waals surface area contributed by atoms with Gasteiger partial charge in [-0.15, -0.1) is 11.3 Å². The second-order valence-corrected chi connectivity index (χ2v) is 7.68. The van der Waals surface area contributed by atoms with Crippen molar-refractivity contribution in [2.24, 2.45) is 0 Å². The highest BCUT2D eigenvalue weighted by molar-refractivity contribution is 7.13. The van der Waals surface area contributed by atoms with E-state index in [1.807, 2.05) is 13.8 Å². The predicted octanol–water partition coefficient (Wildman–Crippen LogP) is 6.31. The van der Waals surface area contributed by atoms with Gasteiger partial charge < -0.3 is 9.30 Å². The van der Waals surface area contributed by atoms with Crippen LogP contribution in [0.4, 0.5) is 0 Å². The number of imidazole rings is 1. The molecule has 0 saturated carbocycles. The molecule has 3 heterocycles. The van der Waals surface area contributed by atoms with Crippen molar-refractivity contribution in [2.75, 3.05) is 13.2 Å². The number of hydrogen-bond donors (Lipinski definition) is 0. The normalized spacial score (nSPS) is 15.3. The summed E-state index contributed by atoms with van der Waals surface area (Å²) in [5, 5.41) is 3.74. The van der Waals surface area contributed by atoms with Crippen LogP contribution in [0.5, 0.6) is 0 Å². The molecular weight excluding hydrogens is 366 g/mol. The monoisotopic (exact) mass is 391 g/mol. The first kappa shape index (κ1) is 19.3. The highest BCUT2D eigenvalue weighted by Gasteiger charge is 2.21. The molecule has 140 valence electrons. The Labute approximate surface area is 164 Å². The van der Waals surface area contributed by atoms with Crippen LogP contribution in [0.3, 0.4) is 0 Å². The average molecular weight is 392 g/mol. The lowest BCUT2D eigenvalue weighted by molar-refractivity contribution is 0.0846. The number of hydrogen-bond acceptors (Lipinski definition) is 4. The molecular formula is C20H26ClN3OS. The van der Waals surface area contributed by atoms with Crippen molar-refractivity contribution < 1.29 is 4.74 Å². The lowest BCUT2D eigenvalue weighted by Crippen LogP contribution is -2.14. The van der Waals surface area contributed by atoms with Crippen molar-refractivity contribution in [1.82, 2.24) is 14.5 Å². The van der Waals surface area contributed by atoms with Gasteiger partial charge in [0, 0.05) is 36.1 Å². The Hall–Kier alpha value is -1.43. The van der Waals surface area contributed by atoms with E-state index in [1.54, 1.807) is 11.3 Å². The molecule has 4 rings (SSSR count). The highest BCUT2D eigenvalue weighted by atomic mass is 35.5. The zero-order valence-electron chi connectivity index (χ0n) is 15.8. The van der Waals surface area contributed by atoms with Crippen LogP contribution in [-0.4, -0.2) is 27.7 Å². The molecule has 6 heteroatoms. The summed E-state index contributed by atoms with van der Waals surface area (Å²) in [7, 11) is 0. The topological polar surface area (TPSA) is 39.9 Å². The first-order valence-corrected chi connectivity index (χ1v) is 10.6. The minimum atomic E-state index is 0.270. The zero-order valence-corrected chi connectivity index (χ0v) is 17.4. The van der Waals surface area contributed by atoms with E-state index in [4.69, 9.17) is 21.3 Å². The molecule has 4 nitrogen and oxygen atoms in total. The average Bonchev–Trinajstić information content (AvgIpc) is 3.27. The molecule has 0 atom stereocenters. The van der Waals surface area contributed by atoms with Crippen molar-refractivity contribution >= 4 is 34.0 Å². The smallest absolute Gasteiger partial charge is 0.204 e. The van der Waals surface area contributed by atoms with Gasteiger partial charge >= 0.3 is 0 Å². The third kappa shape index (κ3) is 3.66. The van der Waals surface area contributed by atoms with Gasteiger partial charge in [-0.2, -0.15) is 0 Å². The molecule has 3 aromatic rings. The van der Waals surface area contributed by atoms with E-state index in [-0.39, 0.29) is 6.04 Å². The van der Waals surface area contributed by atoms with Crippen LogP contribution in [0, 0.1) is 0 Å². The molecule has 2 aromatic heterocycles. The lowest BCUT2D eigenvalue weighted by atomic mass is 9.97. The second-order valence-electron chi connectivity index (χ2n) is 6.48. The summed E-state index contributed by atoms with van der Waals surface area (Å²) in [6.45, 7) is 9.90. The standard InChI is InChI=1S/C18H20ClN3OS.C2H6/c1-11(2)22-15-5-3-4-13(16(15)21-18(22)19)17-20-14(10-24-17)12-6-8-23-9-7-12;1-2/h3-5,10-12H,6-9H2,1-2H3;1-2H3. The minimum Gasteiger partial charge on any atom is -0.381 e. The highest BCUT2D eigenvalue weighted by Crippen LogP contribution is 2.36. The summed E-state index contributed by atoms with van der Waals surface area (Å²) in [5.41, 5.74) is 4.25. The van der Waals surface area contributed by atoms with E-state index in [0.29, 0.717) is 11.2 Å². The van der Waals surface area contributed by atoms with Crippen LogP contribution >= 0.6 is 22.9 Å². The van der Waals surface area contributed by atoms with Crippen molar-refractivity contribution in [3.8, 4) is 10.6 Å². The van der Waals surface area contributed by atoms with Gasteiger partial charge in [-0.05, 0) is 50.4 Å². The number of rotatable bonds is 3. The molecule has 0 amide bonds. The number of thiazole rings is 1. The molecule has 26 heavy (non-hydrogen) atoms. The van der Waals surface area contributed by atoms with E-state index in [2.05, 4.69) is 47.0 Å². The van der Waals surface area contributed by atoms with E-state index < -0.39 is 0 Å². The van der Waals surface area contributed by atoms with Crippen molar-refractivity contribution in [3.05, 3.63) is 34.6 Å². The number of fused-ring (bicyclic) bond motifs is 1. The Morgan fingerprint density at radius 3 is 2.62 bits per heavy atom. The van der Waals surface area contributed by atoms with E-state index in [1.165, 1.54) is 5.69 Å². The number of benzene rings is 1. The summed E-state index contributed by atoms with van der Waals surface area (Å²) in [6.07, 6.45) is 2.11. The summed E-state index contributed by atoms with van der Waals surface area (Å²) in [4.78, 5) is 9.52. The van der Waals surface area contributed by atoms with Crippen molar-refractivity contribution in [3.63, 3.8) is 0 Å². The fourth-order valence-corrected chi connectivity index (χ4v) is 4.64. The molecule has 1 aromatic carbocycles. The van der Waals surface area contributed by atoms with Crippen molar-refractivity contribution in [2.45, 2.75) is 52.5 Å². The van der Waals surface area contributed by atoms with Crippen LogP contribution < -0.4 is 0 Å². The van der Waals surface area contributed by atoms with E-state index in [0.717, 1.165) is 47.7 Å². The third-order valence-corrected chi connectivity index (χ3v) is 5.75. The van der Waals surface area contributed by atoms with Crippen molar-refractivity contribution in [1.29, 1.82) is 0 Å². The maximum absolute atomic E-state index is 6.37. The largest absolute Gasteiger partial charge is 0.381 e. The number of halogens is 1. The Bertz CT molecular complexity index is 865. The van der Waals surface area contributed by atoms with Crippen LogP contribution in [0.1, 0.15) is 58.2 Å². The fraction of sp³-hybridized carbons (Fsp3) is 0.500. The minimum absolute atomic E-state index is 0.270. The van der Waals surface area contributed by atoms with Gasteiger partial charge in [0.05, 0.1) is 11.2 Å². The molecule has 0 radical (unpaired) electrons. The van der Waals surface area contributed by atoms with E-state index in [9.17, 15) is 0 Å². The second kappa shape index (κ2) is 8.51. The molecule has 1 saturated heterocycles. The molecule has 0 N–H and O–H groups in total. The Balaban J connectivity index is 0.000000948. The molecule has 0 spiro atoms. The van der Waals surface area contributed by atoms with Crippen LogP contribution in [-0.2, 0) is 4.74 Å². The lowest BCUT2D eigenvalue weighted by Gasteiger charge is -2.19. The maximum Gasteiger partial charge on any atom is 0.204 e. The first-order valence-electron chi connectivity index (χ1n) is 9.35. The van der Waals surface area contributed by atoms with Gasteiger partial charge in [-0.25, -0.2) is 9.97 Å². The Morgan fingerprint density at radius 2 is 1.92 bits per heavy atom. The van der Waals surface area contributed by atoms with Crippen LogP contribution in [0.15, 0.2) is 23.6 Å². The number of nitrogens with zero attached hydrogens (tertiary/aromatic N) is 3. The van der Waals surface area contributed by atoms with Gasteiger partial charge in [-0.1, -0.05) is 19.9 Å². The quantitative estimate of drug-likeness (QED) is 0.524. The Morgan fingerprint density at radius 1 is 1.19 bits per heavy atom. The van der Waals surface area contributed by atoms with Gasteiger partial charge in [0.1, 0.15) is 10.5 Å². The van der Waals surface area contributed by atoms with E-state index >= 15 is 0 Å². The number of para-hydroxylation sites is 1. The van der Waals surface area contributed by atoms with Gasteiger partial charge in [0.15, 0.2) is 0 Å². The SMILES string of the molecule is CC.CC(C)n1c(Cl)nc2c(-c3nc(C4CCOCC4)cs3)cccc21. The molecule has 0 aliphatic carbocycles. The summed E-state index contributed by atoms with van der Waals surface area (Å²) in [5.74, 6) is 0.514. The van der Waals surface area contributed by atoms with Crippen LogP contribution in [0.2, 0.25) is 5.28 Å². The number of ether oxygens (including phenoxy) is 1. The molecule has 1 aliphatic heterocycles. The summed E-state index contributed by atoms with van der Waals surface area (Å²) < 4.78 is 7.52. The Kier molecular flexibility index (Phi) is 6.33. The zero-order chi connectivity index (χ0) is 18.7. The first-order chi connectivity index (χ1) is 12.6. The molecule has 1 aliphatic rings. The summed E-state index contributed by atoms with van der Waals surface area (Å²) >= 11 is 8.06. The van der Waals surface area contributed by atoms with Gasteiger partial charge in [0.25, 0.3) is 0 Å². The van der Waals surface area contributed by atoms with Gasteiger partial charge in [-0.3, -0.25) is 0 Å². The number of aromatic nitrogens is 3.